The monoisotopic (exact) mass is 329 g/mol. The summed E-state index contributed by atoms with van der Waals surface area (Å²) in [5, 5.41) is 0.910. The van der Waals surface area contributed by atoms with Crippen LogP contribution >= 0.6 is 0 Å². The minimum absolute atomic E-state index is 0.0115. The van der Waals surface area contributed by atoms with Gasteiger partial charge in [0.2, 0.25) is 5.91 Å². The second-order valence-electron chi connectivity index (χ2n) is 6.70. The van der Waals surface area contributed by atoms with Gasteiger partial charge in [0.15, 0.2) is 0 Å². The van der Waals surface area contributed by atoms with Gasteiger partial charge < -0.3 is 0 Å². The number of nitrogens with zero attached hydrogens (tertiary/aromatic N) is 1. The van der Waals surface area contributed by atoms with Crippen LogP contribution in [0.4, 0.5) is 4.39 Å². The Balaban J connectivity index is 1.78. The number of amides is 1. The number of hydrogen-bond donors (Lipinski definition) is 2. The fraction of sp³-hybridized carbons (Fsp3) is 0.474. The summed E-state index contributed by atoms with van der Waals surface area (Å²) < 4.78 is 13.6. The highest BCUT2D eigenvalue weighted by atomic mass is 19.1. The molecule has 1 unspecified atom stereocenters. The SMILES string of the molecule is CCC(C(=O)NN)C1CCC(c2ccnc3ccc(F)cc23)CC1. The zero-order chi connectivity index (χ0) is 17.1. The number of nitrogens with one attached hydrogen (secondary N) is 1. The number of rotatable bonds is 4. The quantitative estimate of drug-likeness (QED) is 0.511. The van der Waals surface area contributed by atoms with Crippen LogP contribution in [0, 0.1) is 17.7 Å². The van der Waals surface area contributed by atoms with Crippen LogP contribution in [0.1, 0.15) is 50.5 Å². The molecule has 3 N–H and O–H groups in total. The molecule has 0 aliphatic heterocycles. The van der Waals surface area contributed by atoms with Gasteiger partial charge in [0.05, 0.1) is 5.52 Å². The number of nitrogens with two attached hydrogens (primary N) is 1. The van der Waals surface area contributed by atoms with Crippen LogP contribution in [0.2, 0.25) is 0 Å². The van der Waals surface area contributed by atoms with E-state index in [0.717, 1.165) is 43.0 Å². The van der Waals surface area contributed by atoms with Crippen molar-refractivity contribution in [1.82, 2.24) is 10.4 Å². The Morgan fingerprint density at radius 1 is 1.33 bits per heavy atom. The molecular formula is C19H24FN3O. The summed E-state index contributed by atoms with van der Waals surface area (Å²) >= 11 is 0. The third-order valence-electron chi connectivity index (χ3n) is 5.44. The fourth-order valence-corrected chi connectivity index (χ4v) is 4.17. The third kappa shape index (κ3) is 3.26. The predicted octanol–water partition coefficient (Wildman–Crippen LogP) is 3.66. The summed E-state index contributed by atoms with van der Waals surface area (Å²) in [4.78, 5) is 16.3. The standard InChI is InChI=1S/C19H24FN3O/c1-2-15(19(24)23-21)12-3-5-13(6-4-12)16-9-10-22-18-8-7-14(20)11-17(16)18/h7-13,15H,2-6,21H2,1H3,(H,23,24). The lowest BCUT2D eigenvalue weighted by Crippen LogP contribution is -2.39. The molecule has 2 aromatic rings. The van der Waals surface area contributed by atoms with Crippen molar-refractivity contribution in [3.05, 3.63) is 41.8 Å². The summed E-state index contributed by atoms with van der Waals surface area (Å²) in [6.45, 7) is 2.03. The number of aromatic nitrogens is 1. The van der Waals surface area contributed by atoms with Gasteiger partial charge in [-0.2, -0.15) is 0 Å². The summed E-state index contributed by atoms with van der Waals surface area (Å²) in [6.07, 6.45) is 6.62. The van der Waals surface area contributed by atoms with E-state index in [-0.39, 0.29) is 17.6 Å². The van der Waals surface area contributed by atoms with Crippen molar-refractivity contribution < 1.29 is 9.18 Å². The van der Waals surface area contributed by atoms with Crippen LogP contribution in [0.15, 0.2) is 30.5 Å². The molecule has 0 bridgehead atoms. The van der Waals surface area contributed by atoms with E-state index in [1.165, 1.54) is 11.6 Å². The lowest BCUT2D eigenvalue weighted by atomic mass is 9.72. The van der Waals surface area contributed by atoms with Gasteiger partial charge in [-0.15, -0.1) is 0 Å². The van der Waals surface area contributed by atoms with Crippen molar-refractivity contribution in [3.8, 4) is 0 Å². The van der Waals surface area contributed by atoms with Crippen molar-refractivity contribution in [2.45, 2.75) is 44.9 Å². The maximum absolute atomic E-state index is 13.6. The highest BCUT2D eigenvalue weighted by Gasteiger charge is 2.31. The number of benzene rings is 1. The average molecular weight is 329 g/mol. The molecule has 1 atom stereocenters. The van der Waals surface area contributed by atoms with E-state index in [1.54, 1.807) is 18.3 Å². The molecule has 1 heterocycles. The number of carbonyl (C=O) groups excluding carboxylic acids is 1. The first-order chi connectivity index (χ1) is 11.6. The van der Waals surface area contributed by atoms with Gasteiger partial charge in [-0.1, -0.05) is 6.92 Å². The van der Waals surface area contributed by atoms with Crippen LogP contribution < -0.4 is 11.3 Å². The Kier molecular flexibility index (Phi) is 5.09. The van der Waals surface area contributed by atoms with Gasteiger partial charge in [-0.05, 0) is 73.8 Å². The lowest BCUT2D eigenvalue weighted by molar-refractivity contribution is -0.127. The van der Waals surface area contributed by atoms with Crippen molar-refractivity contribution in [2.75, 3.05) is 0 Å². The zero-order valence-electron chi connectivity index (χ0n) is 14.0. The van der Waals surface area contributed by atoms with Crippen molar-refractivity contribution in [3.63, 3.8) is 0 Å². The molecule has 1 aliphatic carbocycles. The van der Waals surface area contributed by atoms with Crippen molar-refractivity contribution in [1.29, 1.82) is 0 Å². The molecule has 24 heavy (non-hydrogen) atoms. The summed E-state index contributed by atoms with van der Waals surface area (Å²) in [6, 6.07) is 6.78. The molecule has 1 fully saturated rings. The molecule has 1 amide bonds. The number of hydrogen-bond acceptors (Lipinski definition) is 3. The maximum atomic E-state index is 13.6. The van der Waals surface area contributed by atoms with E-state index in [2.05, 4.69) is 10.4 Å². The predicted molar refractivity (Wildman–Crippen MR) is 92.5 cm³/mol. The highest BCUT2D eigenvalue weighted by molar-refractivity contribution is 5.82. The Morgan fingerprint density at radius 3 is 2.75 bits per heavy atom. The smallest absolute Gasteiger partial charge is 0.237 e. The largest absolute Gasteiger partial charge is 0.294 e. The molecule has 1 saturated carbocycles. The van der Waals surface area contributed by atoms with Gasteiger partial charge in [0, 0.05) is 17.5 Å². The van der Waals surface area contributed by atoms with Gasteiger partial charge in [0.1, 0.15) is 5.82 Å². The Labute approximate surface area is 141 Å². The number of hydrazine groups is 1. The highest BCUT2D eigenvalue weighted by Crippen LogP contribution is 2.41. The number of carbonyl (C=O) groups is 1. The molecule has 5 heteroatoms. The third-order valence-corrected chi connectivity index (χ3v) is 5.44. The zero-order valence-corrected chi connectivity index (χ0v) is 14.0. The molecule has 128 valence electrons. The van der Waals surface area contributed by atoms with Crippen molar-refractivity contribution in [2.24, 2.45) is 17.7 Å². The minimum atomic E-state index is -0.226. The summed E-state index contributed by atoms with van der Waals surface area (Å²) in [7, 11) is 0. The van der Waals surface area contributed by atoms with Crippen LogP contribution in [-0.4, -0.2) is 10.9 Å². The van der Waals surface area contributed by atoms with Crippen LogP contribution in [0.3, 0.4) is 0 Å². The van der Waals surface area contributed by atoms with E-state index in [9.17, 15) is 9.18 Å². The average Bonchev–Trinajstić information content (AvgIpc) is 2.62. The molecule has 1 aliphatic rings. The van der Waals surface area contributed by atoms with E-state index in [1.807, 2.05) is 13.0 Å². The molecule has 0 saturated heterocycles. The summed E-state index contributed by atoms with van der Waals surface area (Å²) in [5.41, 5.74) is 4.31. The first-order valence-electron chi connectivity index (χ1n) is 8.68. The van der Waals surface area contributed by atoms with E-state index in [4.69, 9.17) is 5.84 Å². The molecule has 1 aromatic carbocycles. The lowest BCUT2D eigenvalue weighted by Gasteiger charge is -2.33. The molecule has 1 aromatic heterocycles. The normalized spacial score (nSPS) is 22.3. The molecular weight excluding hydrogens is 305 g/mol. The number of halogens is 1. The van der Waals surface area contributed by atoms with Gasteiger partial charge in [-0.25, -0.2) is 10.2 Å². The van der Waals surface area contributed by atoms with Gasteiger partial charge in [-0.3, -0.25) is 15.2 Å². The van der Waals surface area contributed by atoms with Crippen molar-refractivity contribution >= 4 is 16.8 Å². The topological polar surface area (TPSA) is 68.0 Å². The van der Waals surface area contributed by atoms with E-state index < -0.39 is 0 Å². The maximum Gasteiger partial charge on any atom is 0.237 e. The van der Waals surface area contributed by atoms with Crippen LogP contribution in [0.25, 0.3) is 10.9 Å². The van der Waals surface area contributed by atoms with E-state index >= 15 is 0 Å². The Bertz CT molecular complexity index is 726. The van der Waals surface area contributed by atoms with E-state index in [0.29, 0.717) is 11.8 Å². The number of fused-ring (bicyclic) bond motifs is 1. The van der Waals surface area contributed by atoms with Gasteiger partial charge >= 0.3 is 0 Å². The second kappa shape index (κ2) is 7.26. The second-order valence-corrected chi connectivity index (χ2v) is 6.70. The number of pyridine rings is 1. The van der Waals surface area contributed by atoms with Crippen LogP contribution in [-0.2, 0) is 4.79 Å². The first kappa shape index (κ1) is 16.8. The Hall–Kier alpha value is -2.01. The van der Waals surface area contributed by atoms with Crippen LogP contribution in [0.5, 0.6) is 0 Å². The minimum Gasteiger partial charge on any atom is -0.294 e. The van der Waals surface area contributed by atoms with Gasteiger partial charge in [0.25, 0.3) is 0 Å². The first-order valence-corrected chi connectivity index (χ1v) is 8.68. The Morgan fingerprint density at radius 2 is 2.08 bits per heavy atom. The molecule has 3 rings (SSSR count). The molecule has 4 nitrogen and oxygen atoms in total. The summed E-state index contributed by atoms with van der Waals surface area (Å²) in [5.74, 6) is 5.78. The molecule has 0 radical (unpaired) electrons. The molecule has 0 spiro atoms. The fourth-order valence-electron chi connectivity index (χ4n) is 4.17.